The molecule has 0 bridgehead atoms. The van der Waals surface area contributed by atoms with E-state index in [2.05, 4.69) is 44.6 Å². The second-order valence-electron chi connectivity index (χ2n) is 7.98. The van der Waals surface area contributed by atoms with E-state index in [9.17, 15) is 8.42 Å². The maximum absolute atomic E-state index is 13.2. The molecule has 3 heterocycles. The van der Waals surface area contributed by atoms with Crippen LogP contribution in [0.15, 0.2) is 78.0 Å². The lowest BCUT2D eigenvalue weighted by atomic mass is 10.1. The number of fused-ring (bicyclic) bond motifs is 1. The quantitative estimate of drug-likeness (QED) is 0.324. The Labute approximate surface area is 201 Å². The van der Waals surface area contributed by atoms with Crippen LogP contribution in [0.25, 0.3) is 11.0 Å². The summed E-state index contributed by atoms with van der Waals surface area (Å²) in [6, 6.07) is 19.0. The molecule has 6 nitrogen and oxygen atoms in total. The van der Waals surface area contributed by atoms with Crippen LogP contribution in [0.3, 0.4) is 0 Å². The SMILES string of the molecule is Cc1ccc(S(=O)(=O)n2cc(I)c3cc(N4CC(OCc5ccccc5)C4)cnc32)cc1. The summed E-state index contributed by atoms with van der Waals surface area (Å²) in [4.78, 5) is 6.98. The Bertz CT molecular complexity index is 1360. The van der Waals surface area contributed by atoms with Gasteiger partial charge in [0.05, 0.1) is 29.5 Å². The van der Waals surface area contributed by atoms with Gasteiger partial charge in [-0.05, 0) is 53.3 Å². The predicted octanol–water partition coefficient (Wildman–Crippen LogP) is 4.59. The van der Waals surface area contributed by atoms with E-state index in [4.69, 9.17) is 4.74 Å². The maximum Gasteiger partial charge on any atom is 0.269 e. The van der Waals surface area contributed by atoms with Gasteiger partial charge >= 0.3 is 0 Å². The molecule has 0 saturated carbocycles. The number of halogens is 1. The number of anilines is 1. The summed E-state index contributed by atoms with van der Waals surface area (Å²) in [5.74, 6) is 0. The third kappa shape index (κ3) is 4.02. The number of aryl methyl sites for hydroxylation is 1. The van der Waals surface area contributed by atoms with E-state index in [0.29, 0.717) is 12.3 Å². The van der Waals surface area contributed by atoms with E-state index in [1.807, 2.05) is 31.2 Å². The lowest BCUT2D eigenvalue weighted by Gasteiger charge is -2.40. The molecule has 5 rings (SSSR count). The highest BCUT2D eigenvalue weighted by atomic mass is 127. The van der Waals surface area contributed by atoms with Crippen molar-refractivity contribution < 1.29 is 13.2 Å². The molecule has 8 heteroatoms. The Balaban J connectivity index is 1.34. The van der Waals surface area contributed by atoms with Crippen molar-refractivity contribution in [2.24, 2.45) is 0 Å². The number of ether oxygens (including phenoxy) is 1. The molecule has 0 atom stereocenters. The lowest BCUT2D eigenvalue weighted by molar-refractivity contribution is 0.0224. The summed E-state index contributed by atoms with van der Waals surface area (Å²) < 4.78 is 34.5. The van der Waals surface area contributed by atoms with E-state index in [1.165, 1.54) is 9.54 Å². The molecule has 0 aliphatic carbocycles. The van der Waals surface area contributed by atoms with Gasteiger partial charge in [0, 0.05) is 28.2 Å². The lowest BCUT2D eigenvalue weighted by Crippen LogP contribution is -2.52. The summed E-state index contributed by atoms with van der Waals surface area (Å²) >= 11 is 2.17. The van der Waals surface area contributed by atoms with Gasteiger partial charge in [0.25, 0.3) is 10.0 Å². The van der Waals surface area contributed by atoms with E-state index >= 15 is 0 Å². The van der Waals surface area contributed by atoms with Gasteiger partial charge in [-0.2, -0.15) is 0 Å². The van der Waals surface area contributed by atoms with Crippen molar-refractivity contribution in [1.29, 1.82) is 0 Å². The molecule has 0 radical (unpaired) electrons. The van der Waals surface area contributed by atoms with Gasteiger partial charge in [0.1, 0.15) is 0 Å². The first kappa shape index (κ1) is 21.4. The van der Waals surface area contributed by atoms with E-state index in [0.717, 1.165) is 33.3 Å². The molecule has 32 heavy (non-hydrogen) atoms. The Morgan fingerprint density at radius 2 is 1.81 bits per heavy atom. The van der Waals surface area contributed by atoms with Gasteiger partial charge in [-0.15, -0.1) is 0 Å². The minimum atomic E-state index is -3.71. The predicted molar refractivity (Wildman–Crippen MR) is 133 cm³/mol. The van der Waals surface area contributed by atoms with E-state index in [-0.39, 0.29) is 11.0 Å². The number of hydrogen-bond acceptors (Lipinski definition) is 5. The van der Waals surface area contributed by atoms with Crippen molar-refractivity contribution in [3.8, 4) is 0 Å². The monoisotopic (exact) mass is 559 g/mol. The first-order chi connectivity index (χ1) is 15.4. The van der Waals surface area contributed by atoms with Gasteiger partial charge in [0.15, 0.2) is 5.65 Å². The summed E-state index contributed by atoms with van der Waals surface area (Å²) in [6.07, 6.45) is 3.56. The zero-order chi connectivity index (χ0) is 22.3. The largest absolute Gasteiger partial charge is 0.370 e. The summed E-state index contributed by atoms with van der Waals surface area (Å²) in [7, 11) is -3.71. The van der Waals surface area contributed by atoms with Crippen LogP contribution in [-0.4, -0.2) is 36.6 Å². The van der Waals surface area contributed by atoms with E-state index in [1.54, 1.807) is 36.7 Å². The molecular formula is C24H22IN3O3S. The maximum atomic E-state index is 13.2. The van der Waals surface area contributed by atoms with Crippen molar-refractivity contribution in [2.75, 3.05) is 18.0 Å². The van der Waals surface area contributed by atoms with Crippen LogP contribution in [0.1, 0.15) is 11.1 Å². The number of pyridine rings is 1. The summed E-state index contributed by atoms with van der Waals surface area (Å²) in [6.45, 7) is 4.12. The molecule has 0 N–H and O–H groups in total. The molecular weight excluding hydrogens is 537 g/mol. The zero-order valence-electron chi connectivity index (χ0n) is 17.5. The number of aromatic nitrogens is 2. The summed E-state index contributed by atoms with van der Waals surface area (Å²) in [5, 5.41) is 0.826. The number of hydrogen-bond donors (Lipinski definition) is 0. The van der Waals surface area contributed by atoms with Crippen LogP contribution in [0.4, 0.5) is 5.69 Å². The normalized spacial score (nSPS) is 14.6. The second kappa shape index (κ2) is 8.49. The molecule has 1 aliphatic heterocycles. The van der Waals surface area contributed by atoms with Crippen LogP contribution in [0.2, 0.25) is 0 Å². The first-order valence-electron chi connectivity index (χ1n) is 10.3. The third-order valence-electron chi connectivity index (χ3n) is 5.67. The number of nitrogens with zero attached hydrogens (tertiary/aromatic N) is 3. The van der Waals surface area contributed by atoms with Crippen LogP contribution in [0.5, 0.6) is 0 Å². The Hall–Kier alpha value is -2.43. The fourth-order valence-corrected chi connectivity index (χ4v) is 5.94. The Morgan fingerprint density at radius 1 is 1.09 bits per heavy atom. The highest BCUT2D eigenvalue weighted by Gasteiger charge is 2.29. The fourth-order valence-electron chi connectivity index (χ4n) is 3.75. The molecule has 2 aromatic heterocycles. The highest BCUT2D eigenvalue weighted by Crippen LogP contribution is 2.31. The van der Waals surface area contributed by atoms with Gasteiger partial charge in [-0.3, -0.25) is 0 Å². The standard InChI is InChI=1S/C24H22IN3O3S/c1-17-7-9-21(10-8-17)32(29,30)28-15-23(25)22-11-19(12-26-24(22)28)27-13-20(14-27)31-16-18-5-3-2-4-6-18/h2-12,15,20H,13-14,16H2,1H3. The van der Waals surface area contributed by atoms with Crippen molar-refractivity contribution in [3.63, 3.8) is 0 Å². The first-order valence-corrected chi connectivity index (χ1v) is 12.8. The van der Waals surface area contributed by atoms with E-state index < -0.39 is 10.0 Å². The van der Waals surface area contributed by atoms with Gasteiger partial charge in [-0.25, -0.2) is 17.4 Å². The molecule has 1 fully saturated rings. The topological polar surface area (TPSA) is 64.4 Å². The smallest absolute Gasteiger partial charge is 0.269 e. The van der Waals surface area contributed by atoms with Gasteiger partial charge in [-0.1, -0.05) is 48.0 Å². The van der Waals surface area contributed by atoms with Gasteiger partial charge < -0.3 is 9.64 Å². The van der Waals surface area contributed by atoms with Crippen molar-refractivity contribution in [1.82, 2.24) is 8.96 Å². The summed E-state index contributed by atoms with van der Waals surface area (Å²) in [5.41, 5.74) is 3.59. The van der Waals surface area contributed by atoms with Crippen molar-refractivity contribution in [2.45, 2.75) is 24.5 Å². The van der Waals surface area contributed by atoms with Crippen LogP contribution in [-0.2, 0) is 21.4 Å². The van der Waals surface area contributed by atoms with Crippen molar-refractivity contribution in [3.05, 3.63) is 87.8 Å². The number of benzene rings is 2. The van der Waals surface area contributed by atoms with Crippen LogP contribution >= 0.6 is 22.6 Å². The molecule has 1 aliphatic rings. The highest BCUT2D eigenvalue weighted by molar-refractivity contribution is 14.1. The molecule has 4 aromatic rings. The van der Waals surface area contributed by atoms with Gasteiger partial charge in [0.2, 0.25) is 0 Å². The molecule has 0 unspecified atom stereocenters. The molecule has 0 amide bonds. The fraction of sp³-hybridized carbons (Fsp3) is 0.208. The molecule has 2 aromatic carbocycles. The number of rotatable bonds is 6. The van der Waals surface area contributed by atoms with Crippen LogP contribution in [0, 0.1) is 10.5 Å². The Morgan fingerprint density at radius 3 is 2.53 bits per heavy atom. The van der Waals surface area contributed by atoms with Crippen molar-refractivity contribution >= 4 is 49.3 Å². The second-order valence-corrected chi connectivity index (χ2v) is 11.0. The average Bonchev–Trinajstić information content (AvgIpc) is 3.10. The Kier molecular flexibility index (Phi) is 5.68. The third-order valence-corrected chi connectivity index (χ3v) is 8.19. The average molecular weight is 559 g/mol. The molecule has 1 saturated heterocycles. The minimum Gasteiger partial charge on any atom is -0.370 e. The molecule has 164 valence electrons. The minimum absolute atomic E-state index is 0.177. The van der Waals surface area contributed by atoms with Crippen LogP contribution < -0.4 is 4.90 Å². The molecule has 0 spiro atoms. The zero-order valence-corrected chi connectivity index (χ0v) is 20.5.